The van der Waals surface area contributed by atoms with E-state index in [-0.39, 0.29) is 12.5 Å². The van der Waals surface area contributed by atoms with Crippen molar-refractivity contribution in [2.45, 2.75) is 47.6 Å². The average molecular weight is 507 g/mol. The van der Waals surface area contributed by atoms with Crippen LogP contribution in [0, 0.1) is 19.3 Å². The van der Waals surface area contributed by atoms with E-state index < -0.39 is 6.04 Å². The number of carbonyl (C=O) groups excluding carboxylic acids is 1. The molecule has 0 saturated heterocycles. The van der Waals surface area contributed by atoms with Crippen LogP contribution in [-0.2, 0) is 4.79 Å². The van der Waals surface area contributed by atoms with Gasteiger partial charge < -0.3 is 21.8 Å². The topological polar surface area (TPSA) is 116 Å². The minimum atomic E-state index is -0.568. The molecule has 0 saturated carbocycles. The number of nitrogens with one attached hydrogen (secondary N) is 3. The van der Waals surface area contributed by atoms with Crippen LogP contribution < -0.4 is 16.4 Å². The number of hydrogen-bond donors (Lipinski definition) is 4. The molecule has 1 unspecified atom stereocenters. The van der Waals surface area contributed by atoms with Crippen molar-refractivity contribution in [2.75, 3.05) is 12.3 Å². The van der Waals surface area contributed by atoms with E-state index in [1.807, 2.05) is 71.9 Å². The average Bonchev–Trinajstić information content (AvgIpc) is 3.01. The summed E-state index contributed by atoms with van der Waals surface area (Å²) in [6, 6.07) is 10.6. The quantitative estimate of drug-likeness (QED) is 0.284. The summed E-state index contributed by atoms with van der Waals surface area (Å²) in [7, 11) is 0. The summed E-state index contributed by atoms with van der Waals surface area (Å²) >= 11 is 6.17. The lowest BCUT2D eigenvalue weighted by atomic mass is 9.93. The van der Waals surface area contributed by atoms with Gasteiger partial charge in [0, 0.05) is 23.5 Å². The Hall–Kier alpha value is -3.71. The first-order chi connectivity index (χ1) is 17.2. The Morgan fingerprint density at radius 3 is 2.56 bits per heavy atom. The number of nitrogens with zero attached hydrogens (tertiary/aromatic N) is 2. The molecule has 1 amide bonds. The second kappa shape index (κ2) is 13.4. The summed E-state index contributed by atoms with van der Waals surface area (Å²) in [6.45, 7) is 11.8. The van der Waals surface area contributed by atoms with Gasteiger partial charge in [0.2, 0.25) is 0 Å². The number of hydrogen-bond acceptors (Lipinski definition) is 5. The lowest BCUT2D eigenvalue weighted by Gasteiger charge is -2.20. The first-order valence-corrected chi connectivity index (χ1v) is 12.3. The molecule has 0 aliphatic carbocycles. The highest BCUT2D eigenvalue weighted by molar-refractivity contribution is 6.31. The van der Waals surface area contributed by atoms with Crippen LogP contribution in [0.25, 0.3) is 0 Å². The molecule has 190 valence electrons. The third-order valence-corrected chi connectivity index (χ3v) is 5.78. The lowest BCUT2D eigenvalue weighted by molar-refractivity contribution is -0.117. The minimum absolute atomic E-state index is 0.243. The van der Waals surface area contributed by atoms with Gasteiger partial charge in [-0.2, -0.15) is 0 Å². The minimum Gasteiger partial charge on any atom is -0.397 e. The van der Waals surface area contributed by atoms with Crippen molar-refractivity contribution in [3.8, 4) is 0 Å². The van der Waals surface area contributed by atoms with Gasteiger partial charge in [-0.1, -0.05) is 43.7 Å². The highest BCUT2D eigenvalue weighted by atomic mass is 35.5. The number of aryl methyl sites for hydroxylation is 2. The summed E-state index contributed by atoms with van der Waals surface area (Å²) in [5.41, 5.74) is 11.9. The van der Waals surface area contributed by atoms with Crippen LogP contribution in [0.3, 0.4) is 0 Å². The number of benzene rings is 2. The molecule has 0 fully saturated rings. The molecule has 0 radical (unpaired) electrons. The molecule has 0 bridgehead atoms. The van der Waals surface area contributed by atoms with Crippen molar-refractivity contribution in [2.24, 2.45) is 9.98 Å². The molecule has 1 heterocycles. The Bertz CT molecular complexity index is 1240. The summed E-state index contributed by atoms with van der Waals surface area (Å²) < 4.78 is 0. The zero-order valence-corrected chi connectivity index (χ0v) is 22.5. The van der Waals surface area contributed by atoms with Gasteiger partial charge in [0.15, 0.2) is 0 Å². The van der Waals surface area contributed by atoms with Crippen LogP contribution in [-0.4, -0.2) is 30.7 Å². The zero-order valence-electron chi connectivity index (χ0n) is 21.7. The molecule has 2 aromatic rings. The van der Waals surface area contributed by atoms with E-state index in [2.05, 4.69) is 15.6 Å². The molecular formula is C28H35ClN6O. The number of allylic oxidation sites excluding steroid dienone is 2. The van der Waals surface area contributed by atoms with Crippen LogP contribution in [0.2, 0.25) is 5.02 Å². The fourth-order valence-electron chi connectivity index (χ4n) is 3.67. The fraction of sp³-hybridized carbons (Fsp3) is 0.286. The monoisotopic (exact) mass is 506 g/mol. The van der Waals surface area contributed by atoms with Gasteiger partial charge in [-0.3, -0.25) is 9.79 Å². The maximum Gasteiger partial charge on any atom is 0.251 e. The number of aliphatic imine (C=N–C) groups is 2. The maximum absolute atomic E-state index is 13.3. The number of amidine groups is 1. The van der Waals surface area contributed by atoms with Crippen molar-refractivity contribution in [3.05, 3.63) is 81.0 Å². The summed E-state index contributed by atoms with van der Waals surface area (Å²) in [5.74, 6) is 0.194. The van der Waals surface area contributed by atoms with E-state index in [0.29, 0.717) is 39.1 Å². The van der Waals surface area contributed by atoms with Crippen LogP contribution in [0.5, 0.6) is 0 Å². The van der Waals surface area contributed by atoms with Gasteiger partial charge >= 0.3 is 0 Å². The van der Waals surface area contributed by atoms with Crippen LogP contribution in [0.1, 0.15) is 50.4 Å². The number of carbonyl (C=O) groups is 1. The third-order valence-electron chi connectivity index (χ3n) is 5.54. The molecule has 1 aliphatic heterocycles. The van der Waals surface area contributed by atoms with Gasteiger partial charge in [0.1, 0.15) is 11.9 Å². The molecule has 7 nitrogen and oxygen atoms in total. The van der Waals surface area contributed by atoms with Crippen LogP contribution >= 0.6 is 11.6 Å². The maximum atomic E-state index is 13.3. The van der Waals surface area contributed by atoms with E-state index in [9.17, 15) is 4.79 Å². The third kappa shape index (κ3) is 7.15. The smallest absolute Gasteiger partial charge is 0.251 e. The molecule has 3 rings (SSSR count). The van der Waals surface area contributed by atoms with Gasteiger partial charge in [-0.15, -0.1) is 0 Å². The van der Waals surface area contributed by atoms with Gasteiger partial charge in [0.25, 0.3) is 5.91 Å². The second-order valence-corrected chi connectivity index (χ2v) is 8.53. The Labute approximate surface area is 218 Å². The Balaban J connectivity index is 0.00000222. The van der Waals surface area contributed by atoms with Crippen LogP contribution in [0.15, 0.2) is 69.3 Å². The Morgan fingerprint density at radius 1 is 1.22 bits per heavy atom. The zero-order chi connectivity index (χ0) is 26.8. The van der Waals surface area contributed by atoms with Crippen molar-refractivity contribution in [3.63, 3.8) is 0 Å². The molecule has 0 spiro atoms. The van der Waals surface area contributed by atoms with Crippen LogP contribution in [0.4, 0.5) is 11.4 Å². The number of nitrogen functional groups attached to an aromatic ring is 1. The first-order valence-electron chi connectivity index (χ1n) is 11.9. The van der Waals surface area contributed by atoms with E-state index in [4.69, 9.17) is 27.7 Å². The highest BCUT2D eigenvalue weighted by Crippen LogP contribution is 2.33. The molecule has 2 aromatic carbocycles. The van der Waals surface area contributed by atoms with Gasteiger partial charge in [-0.05, 0) is 74.2 Å². The summed E-state index contributed by atoms with van der Waals surface area (Å²) in [5, 5.41) is 14.2. The predicted octanol–water partition coefficient (Wildman–Crippen LogP) is 6.00. The molecule has 1 aliphatic rings. The highest BCUT2D eigenvalue weighted by Gasteiger charge is 2.28. The van der Waals surface area contributed by atoms with Gasteiger partial charge in [0.05, 0.1) is 23.2 Å². The largest absolute Gasteiger partial charge is 0.397 e. The number of rotatable bonds is 6. The van der Waals surface area contributed by atoms with E-state index in [1.165, 1.54) is 6.21 Å². The van der Waals surface area contributed by atoms with E-state index in [0.717, 1.165) is 16.7 Å². The van der Waals surface area contributed by atoms with Gasteiger partial charge in [-0.25, -0.2) is 4.99 Å². The number of halogens is 1. The lowest BCUT2D eigenvalue weighted by Crippen LogP contribution is -2.32. The van der Waals surface area contributed by atoms with Crippen molar-refractivity contribution in [1.82, 2.24) is 10.6 Å². The molecule has 0 aromatic heterocycles. The molecule has 1 atom stereocenters. The Kier molecular flexibility index (Phi) is 10.6. The van der Waals surface area contributed by atoms with Crippen molar-refractivity contribution in [1.29, 1.82) is 5.41 Å². The predicted molar refractivity (Wildman–Crippen MR) is 153 cm³/mol. The molecular weight excluding hydrogens is 472 g/mol. The normalized spacial score (nSPS) is 16.6. The summed E-state index contributed by atoms with van der Waals surface area (Å²) in [4.78, 5) is 22.7. The first kappa shape index (κ1) is 28.5. The number of nitrogens with two attached hydrogens (primary N) is 1. The molecule has 5 N–H and O–H groups in total. The van der Waals surface area contributed by atoms with Crippen molar-refractivity contribution < 1.29 is 4.79 Å². The molecule has 8 heteroatoms. The second-order valence-electron chi connectivity index (χ2n) is 8.10. The number of anilines is 1. The van der Waals surface area contributed by atoms with E-state index >= 15 is 0 Å². The van der Waals surface area contributed by atoms with E-state index in [1.54, 1.807) is 18.4 Å². The van der Waals surface area contributed by atoms with Crippen molar-refractivity contribution >= 4 is 47.1 Å². The summed E-state index contributed by atoms with van der Waals surface area (Å²) in [6.07, 6.45) is 4.63. The number of amides is 1. The molecule has 36 heavy (non-hydrogen) atoms. The standard InChI is InChI=1S/C26H29ClN6O.C2H6/c1-5-18(12-28)13-31-26(34)24-17(4)32-23(33-22-9-6-15(2)10-21(22)29)14-30-25(24)20-8-7-19(27)11-16(20)3;1-2/h5-12,14,25,28H,13,29H2,1-4H3,(H,31,34)(H,32,33);1-2H3/b18-5+,28-12?;. The SMILES string of the molecule is C/C=C(\C=N)CNC(=O)C1=C(C)NC(=Nc2ccc(C)cc2N)C=NC1c1ccc(Cl)cc1C.CC. The Morgan fingerprint density at radius 2 is 1.94 bits per heavy atom. The fourth-order valence-corrected chi connectivity index (χ4v) is 3.90.